The van der Waals surface area contributed by atoms with E-state index in [1.54, 1.807) is 12.4 Å². The standard InChI is InChI=1S/C14H14BrN3/c1-3-8-18-10(2)12(9-16)13(15)14(18)11-4-6-17-7-5-11/h4-7H,3,8H2,1-2H3. The molecule has 4 heteroatoms. The summed E-state index contributed by atoms with van der Waals surface area (Å²) >= 11 is 3.56. The highest BCUT2D eigenvalue weighted by Crippen LogP contribution is 2.35. The Labute approximate surface area is 115 Å². The Balaban J connectivity index is 2.70. The van der Waals surface area contributed by atoms with E-state index in [1.807, 2.05) is 19.1 Å². The van der Waals surface area contributed by atoms with Gasteiger partial charge < -0.3 is 4.57 Å². The zero-order valence-electron chi connectivity index (χ0n) is 10.4. The Morgan fingerprint density at radius 1 is 1.39 bits per heavy atom. The molecule has 0 radical (unpaired) electrons. The minimum atomic E-state index is 0.718. The minimum Gasteiger partial charge on any atom is -0.343 e. The van der Waals surface area contributed by atoms with Crippen LogP contribution in [0.25, 0.3) is 11.3 Å². The summed E-state index contributed by atoms with van der Waals surface area (Å²) in [5.41, 5.74) is 3.87. The second kappa shape index (κ2) is 5.36. The molecule has 0 saturated heterocycles. The average molecular weight is 304 g/mol. The maximum Gasteiger partial charge on any atom is 0.102 e. The van der Waals surface area contributed by atoms with E-state index < -0.39 is 0 Å². The number of hydrogen-bond acceptors (Lipinski definition) is 2. The van der Waals surface area contributed by atoms with Gasteiger partial charge in [0.25, 0.3) is 0 Å². The van der Waals surface area contributed by atoms with Gasteiger partial charge in [0, 0.05) is 30.2 Å². The average Bonchev–Trinajstić information content (AvgIpc) is 2.62. The van der Waals surface area contributed by atoms with E-state index in [0.29, 0.717) is 0 Å². The summed E-state index contributed by atoms with van der Waals surface area (Å²) < 4.78 is 3.07. The largest absolute Gasteiger partial charge is 0.343 e. The molecular formula is C14H14BrN3. The van der Waals surface area contributed by atoms with Crippen LogP contribution in [0.4, 0.5) is 0 Å². The van der Waals surface area contributed by atoms with Crippen molar-refractivity contribution in [3.05, 3.63) is 40.3 Å². The Morgan fingerprint density at radius 2 is 2.06 bits per heavy atom. The highest BCUT2D eigenvalue weighted by atomic mass is 79.9. The molecule has 0 bridgehead atoms. The molecule has 3 nitrogen and oxygen atoms in total. The first-order valence-electron chi connectivity index (χ1n) is 5.89. The number of rotatable bonds is 3. The monoisotopic (exact) mass is 303 g/mol. The Bertz CT molecular complexity index is 594. The molecule has 0 N–H and O–H groups in total. The minimum absolute atomic E-state index is 0.718. The Hall–Kier alpha value is -1.60. The molecule has 0 fully saturated rings. The van der Waals surface area contributed by atoms with Crippen molar-refractivity contribution in [2.24, 2.45) is 0 Å². The lowest BCUT2D eigenvalue weighted by Gasteiger charge is -2.10. The predicted octanol–water partition coefficient (Wildman–Crippen LogP) is 3.90. The van der Waals surface area contributed by atoms with Gasteiger partial charge in [-0.25, -0.2) is 0 Å². The third-order valence-corrected chi connectivity index (χ3v) is 3.75. The second-order valence-corrected chi connectivity index (χ2v) is 4.92. The summed E-state index contributed by atoms with van der Waals surface area (Å²) in [5, 5.41) is 9.25. The molecule has 0 aliphatic rings. The lowest BCUT2D eigenvalue weighted by molar-refractivity contribution is 0.671. The lowest BCUT2D eigenvalue weighted by atomic mass is 10.2. The molecule has 0 atom stereocenters. The maximum absolute atomic E-state index is 9.25. The van der Waals surface area contributed by atoms with Crippen molar-refractivity contribution in [2.75, 3.05) is 0 Å². The van der Waals surface area contributed by atoms with Crippen LogP contribution in [-0.4, -0.2) is 9.55 Å². The van der Waals surface area contributed by atoms with E-state index in [2.05, 4.69) is 38.5 Å². The zero-order valence-corrected chi connectivity index (χ0v) is 12.0. The first-order valence-corrected chi connectivity index (χ1v) is 6.69. The molecular weight excluding hydrogens is 290 g/mol. The fraction of sp³-hybridized carbons (Fsp3) is 0.286. The molecule has 0 spiro atoms. The van der Waals surface area contributed by atoms with Crippen LogP contribution in [0.1, 0.15) is 24.6 Å². The van der Waals surface area contributed by atoms with E-state index in [-0.39, 0.29) is 0 Å². The number of hydrogen-bond donors (Lipinski definition) is 0. The van der Waals surface area contributed by atoms with Crippen molar-refractivity contribution in [1.29, 1.82) is 5.26 Å². The molecule has 0 aromatic carbocycles. The van der Waals surface area contributed by atoms with Crippen LogP contribution in [-0.2, 0) is 6.54 Å². The van der Waals surface area contributed by atoms with Crippen molar-refractivity contribution >= 4 is 15.9 Å². The summed E-state index contributed by atoms with van der Waals surface area (Å²) in [5.74, 6) is 0. The summed E-state index contributed by atoms with van der Waals surface area (Å²) in [4.78, 5) is 4.04. The van der Waals surface area contributed by atoms with Crippen molar-refractivity contribution in [1.82, 2.24) is 9.55 Å². The molecule has 2 heterocycles. The summed E-state index contributed by atoms with van der Waals surface area (Å²) in [7, 11) is 0. The molecule has 0 aliphatic carbocycles. The second-order valence-electron chi connectivity index (χ2n) is 4.12. The van der Waals surface area contributed by atoms with Gasteiger partial charge in [-0.2, -0.15) is 5.26 Å². The van der Waals surface area contributed by atoms with Crippen molar-refractivity contribution in [3.63, 3.8) is 0 Å². The van der Waals surface area contributed by atoms with Crippen molar-refractivity contribution in [2.45, 2.75) is 26.8 Å². The Kier molecular flexibility index (Phi) is 3.83. The highest BCUT2D eigenvalue weighted by Gasteiger charge is 2.19. The van der Waals surface area contributed by atoms with Crippen molar-refractivity contribution < 1.29 is 0 Å². The molecule has 0 unspecified atom stereocenters. The van der Waals surface area contributed by atoms with Crippen molar-refractivity contribution in [3.8, 4) is 17.3 Å². The molecule has 2 aromatic heterocycles. The molecule has 18 heavy (non-hydrogen) atoms. The topological polar surface area (TPSA) is 41.6 Å². The molecule has 2 aromatic rings. The van der Waals surface area contributed by atoms with Crippen LogP contribution >= 0.6 is 15.9 Å². The zero-order chi connectivity index (χ0) is 13.1. The maximum atomic E-state index is 9.25. The van der Waals surface area contributed by atoms with E-state index in [9.17, 15) is 5.26 Å². The van der Waals surface area contributed by atoms with Crippen LogP contribution < -0.4 is 0 Å². The van der Waals surface area contributed by atoms with Gasteiger partial charge >= 0.3 is 0 Å². The first-order chi connectivity index (χ1) is 8.70. The predicted molar refractivity (Wildman–Crippen MR) is 75.1 cm³/mol. The number of pyridine rings is 1. The Morgan fingerprint density at radius 3 is 2.61 bits per heavy atom. The third kappa shape index (κ3) is 2.06. The fourth-order valence-electron chi connectivity index (χ4n) is 2.12. The van der Waals surface area contributed by atoms with Crippen LogP contribution in [0.3, 0.4) is 0 Å². The van der Waals surface area contributed by atoms with Crippen LogP contribution in [0.2, 0.25) is 0 Å². The molecule has 0 amide bonds. The van der Waals surface area contributed by atoms with E-state index >= 15 is 0 Å². The van der Waals surface area contributed by atoms with Gasteiger partial charge in [0.1, 0.15) is 6.07 Å². The van der Waals surface area contributed by atoms with Gasteiger partial charge in [-0.05, 0) is 41.4 Å². The third-order valence-electron chi connectivity index (χ3n) is 2.98. The molecule has 2 rings (SSSR count). The smallest absolute Gasteiger partial charge is 0.102 e. The summed E-state index contributed by atoms with van der Waals surface area (Å²) in [6.45, 7) is 5.03. The SMILES string of the molecule is CCCn1c(C)c(C#N)c(Br)c1-c1ccncc1. The van der Waals surface area contributed by atoms with Gasteiger partial charge in [0.05, 0.1) is 15.7 Å². The van der Waals surface area contributed by atoms with Gasteiger partial charge in [-0.15, -0.1) is 0 Å². The fourth-order valence-corrected chi connectivity index (χ4v) is 2.94. The highest BCUT2D eigenvalue weighted by molar-refractivity contribution is 9.10. The summed E-state index contributed by atoms with van der Waals surface area (Å²) in [6.07, 6.45) is 4.57. The van der Waals surface area contributed by atoms with E-state index in [1.165, 1.54) is 0 Å². The van der Waals surface area contributed by atoms with E-state index in [4.69, 9.17) is 0 Å². The normalized spacial score (nSPS) is 10.3. The lowest BCUT2D eigenvalue weighted by Crippen LogP contribution is -2.01. The molecule has 0 aliphatic heterocycles. The summed E-state index contributed by atoms with van der Waals surface area (Å²) in [6, 6.07) is 6.20. The number of halogens is 1. The van der Waals surface area contributed by atoms with Gasteiger partial charge in [-0.3, -0.25) is 4.98 Å². The van der Waals surface area contributed by atoms with Gasteiger partial charge in [0.15, 0.2) is 0 Å². The number of nitriles is 1. The molecule has 92 valence electrons. The van der Waals surface area contributed by atoms with Gasteiger partial charge in [-0.1, -0.05) is 6.92 Å². The van der Waals surface area contributed by atoms with Gasteiger partial charge in [0.2, 0.25) is 0 Å². The van der Waals surface area contributed by atoms with Crippen LogP contribution in [0.15, 0.2) is 29.0 Å². The van der Waals surface area contributed by atoms with Crippen LogP contribution in [0.5, 0.6) is 0 Å². The quantitative estimate of drug-likeness (QED) is 0.863. The van der Waals surface area contributed by atoms with Crippen LogP contribution in [0, 0.1) is 18.3 Å². The first kappa shape index (κ1) is 12.8. The molecule has 0 saturated carbocycles. The van der Waals surface area contributed by atoms with E-state index in [0.717, 1.165) is 40.0 Å². The number of aromatic nitrogens is 2. The number of nitrogens with zero attached hydrogens (tertiary/aromatic N) is 3.